The average Bonchev–Trinajstić information content (AvgIpc) is 0. The van der Waals surface area contributed by atoms with Crippen LogP contribution in [0.1, 0.15) is 0 Å². The molecule has 0 saturated carbocycles. The minimum atomic E-state index is 0. The number of hydrogen-bond acceptors (Lipinski definition) is 0. The summed E-state index contributed by atoms with van der Waals surface area (Å²) in [6.45, 7) is 0. The average molecular weight is 365 g/mol. The number of hydrogen-bond donors (Lipinski definition) is 0. The van der Waals surface area contributed by atoms with Gasteiger partial charge in [-0.3, -0.25) is 0 Å². The molecular weight excluding hydrogens is 357 g/mol. The molecule has 0 unspecified atom stereocenters. The monoisotopic (exact) mass is 368 g/mol. The SMILES string of the molecule is [AlH3].[AlH3].[Mo].[PbH2]. The molecule has 0 bridgehead atoms. The van der Waals surface area contributed by atoms with E-state index in [9.17, 15) is 0 Å². The Morgan fingerprint density at radius 3 is 0.750 bits per heavy atom. The van der Waals surface area contributed by atoms with Crippen LogP contribution in [0.5, 0.6) is 0 Å². The van der Waals surface area contributed by atoms with Gasteiger partial charge in [0.1, 0.15) is 0 Å². The van der Waals surface area contributed by atoms with Crippen molar-refractivity contribution in [2.45, 2.75) is 0 Å². The van der Waals surface area contributed by atoms with Gasteiger partial charge in [0.05, 0.1) is 0 Å². The molecule has 0 aliphatic rings. The molecule has 0 aliphatic carbocycles. The normalized spacial score (nSPS) is 0. The Morgan fingerprint density at radius 2 is 0.750 bits per heavy atom. The Kier molecular flexibility index (Phi) is 130. The van der Waals surface area contributed by atoms with Gasteiger partial charge in [0, 0.05) is 21.1 Å². The van der Waals surface area contributed by atoms with Crippen molar-refractivity contribution in [3.63, 3.8) is 0 Å². The second-order valence-electron chi connectivity index (χ2n) is 0. The van der Waals surface area contributed by atoms with E-state index < -0.39 is 0 Å². The summed E-state index contributed by atoms with van der Waals surface area (Å²) in [6, 6.07) is 0. The molecule has 0 spiro atoms. The summed E-state index contributed by atoms with van der Waals surface area (Å²) >= 11 is 0. The quantitative estimate of drug-likeness (QED) is 0.395. The van der Waals surface area contributed by atoms with E-state index in [0.717, 1.165) is 0 Å². The van der Waals surface area contributed by atoms with Crippen LogP contribution >= 0.6 is 0 Å². The van der Waals surface area contributed by atoms with Gasteiger partial charge in [-0.05, 0) is 0 Å². The van der Waals surface area contributed by atoms with E-state index in [1.54, 1.807) is 0 Å². The van der Waals surface area contributed by atoms with Crippen LogP contribution in [0.4, 0.5) is 0 Å². The third-order valence-electron chi connectivity index (χ3n) is 0. The summed E-state index contributed by atoms with van der Waals surface area (Å²) in [5.41, 5.74) is 0. The van der Waals surface area contributed by atoms with Crippen molar-refractivity contribution in [2.24, 2.45) is 0 Å². The van der Waals surface area contributed by atoms with Crippen LogP contribution in [0, 0.1) is 0 Å². The fraction of sp³-hybridized carbons (Fsp3) is 0. The molecule has 4 heavy (non-hydrogen) atoms. The molecule has 0 aromatic heterocycles. The molecule has 0 saturated heterocycles. The molecule has 0 N–H and O–H groups in total. The molecule has 0 nitrogen and oxygen atoms in total. The van der Waals surface area contributed by atoms with Crippen LogP contribution in [0.2, 0.25) is 0 Å². The summed E-state index contributed by atoms with van der Waals surface area (Å²) in [6.07, 6.45) is 0. The first-order valence-corrected chi connectivity index (χ1v) is 0. The van der Waals surface area contributed by atoms with Crippen molar-refractivity contribution in [1.29, 1.82) is 0 Å². The van der Waals surface area contributed by atoms with E-state index in [1.165, 1.54) is 0 Å². The van der Waals surface area contributed by atoms with Crippen LogP contribution in [0.15, 0.2) is 0 Å². The Morgan fingerprint density at radius 1 is 0.750 bits per heavy atom. The van der Waals surface area contributed by atoms with E-state index in [1.807, 2.05) is 0 Å². The molecule has 0 aromatic carbocycles. The third kappa shape index (κ3) is 8.82. The zero-order valence-corrected chi connectivity index (χ0v) is 8.62. The zero-order valence-electron chi connectivity index (χ0n) is 1.12. The first kappa shape index (κ1) is 30.0. The summed E-state index contributed by atoms with van der Waals surface area (Å²) in [7, 11) is 0. The van der Waals surface area contributed by atoms with Gasteiger partial charge >= 0.3 is 27.3 Å². The fourth-order valence-corrected chi connectivity index (χ4v) is 0. The van der Waals surface area contributed by atoms with Gasteiger partial charge in [0.25, 0.3) is 0 Å². The van der Waals surface area contributed by atoms with Crippen LogP contribution in [-0.2, 0) is 21.1 Å². The second-order valence-corrected chi connectivity index (χ2v) is 0. The molecule has 4 heteroatoms. The Labute approximate surface area is 81.8 Å². The number of rotatable bonds is 0. The van der Waals surface area contributed by atoms with Crippen LogP contribution in [0.3, 0.4) is 0 Å². The van der Waals surface area contributed by atoms with Gasteiger partial charge in [0.2, 0.25) is 0 Å². The first-order valence-electron chi connectivity index (χ1n) is 0. The summed E-state index contributed by atoms with van der Waals surface area (Å²) < 4.78 is 0. The first-order chi connectivity index (χ1) is 0. The van der Waals surface area contributed by atoms with Crippen molar-refractivity contribution >= 4 is 62.0 Å². The molecule has 0 aromatic rings. The van der Waals surface area contributed by atoms with Crippen LogP contribution in [-0.4, -0.2) is 62.0 Å². The van der Waals surface area contributed by atoms with E-state index >= 15 is 0 Å². The second kappa shape index (κ2) is 17.3. The van der Waals surface area contributed by atoms with Crippen molar-refractivity contribution in [3.05, 3.63) is 0 Å². The zero-order chi connectivity index (χ0) is 0. The maximum atomic E-state index is 0. The minimum absolute atomic E-state index is 0. The fourth-order valence-electron chi connectivity index (χ4n) is 0. The van der Waals surface area contributed by atoms with Crippen molar-refractivity contribution in [2.75, 3.05) is 0 Å². The summed E-state index contributed by atoms with van der Waals surface area (Å²) in [5.74, 6) is 0. The van der Waals surface area contributed by atoms with Gasteiger partial charge in [-0.2, -0.15) is 0 Å². The molecule has 2 radical (unpaired) electrons. The summed E-state index contributed by atoms with van der Waals surface area (Å²) in [4.78, 5) is 0. The Hall–Kier alpha value is 2.68. The predicted molar refractivity (Wildman–Crippen MR) is 28.4 cm³/mol. The van der Waals surface area contributed by atoms with Crippen molar-refractivity contribution in [1.82, 2.24) is 0 Å². The Bertz CT molecular complexity index is 6.00. The van der Waals surface area contributed by atoms with Gasteiger partial charge < -0.3 is 0 Å². The van der Waals surface area contributed by atoms with Gasteiger partial charge in [-0.15, -0.1) is 0 Å². The molecule has 0 amide bonds. The van der Waals surface area contributed by atoms with E-state index in [2.05, 4.69) is 0 Å². The van der Waals surface area contributed by atoms with Crippen molar-refractivity contribution < 1.29 is 21.1 Å². The molecule has 0 fully saturated rings. The molecule has 0 heterocycles. The molecular formula is H8Al2MoPb. The molecule has 24 valence electrons. The molecule has 0 rings (SSSR count). The molecule has 0 aliphatic heterocycles. The van der Waals surface area contributed by atoms with E-state index in [4.69, 9.17) is 0 Å². The standard InChI is InChI=1S/2Al.Mo.Pb.8H. The third-order valence-corrected chi connectivity index (χ3v) is 0. The van der Waals surface area contributed by atoms with Crippen LogP contribution < -0.4 is 0 Å². The topological polar surface area (TPSA) is 0 Å². The van der Waals surface area contributed by atoms with Gasteiger partial charge in [-0.1, -0.05) is 0 Å². The van der Waals surface area contributed by atoms with E-state index in [0.29, 0.717) is 0 Å². The maximum absolute atomic E-state index is 0. The summed E-state index contributed by atoms with van der Waals surface area (Å²) in [5, 5.41) is 0. The van der Waals surface area contributed by atoms with Gasteiger partial charge in [0.15, 0.2) is 34.7 Å². The predicted octanol–water partition coefficient (Wildman–Crippen LogP) is -3.29. The van der Waals surface area contributed by atoms with E-state index in [-0.39, 0.29) is 83.1 Å². The van der Waals surface area contributed by atoms with Crippen LogP contribution in [0.25, 0.3) is 0 Å². The molecule has 0 atom stereocenters. The Balaban J connectivity index is 0. The van der Waals surface area contributed by atoms with Crippen molar-refractivity contribution in [3.8, 4) is 0 Å². The van der Waals surface area contributed by atoms with Gasteiger partial charge in [-0.25, -0.2) is 0 Å².